The molecule has 1 fully saturated rings. The average Bonchev–Trinajstić information content (AvgIpc) is 2.91. The summed E-state index contributed by atoms with van der Waals surface area (Å²) in [4.78, 5) is 16.4. The fraction of sp³-hybridized carbons (Fsp3) is 0.294. The number of nitrogens with one attached hydrogen (secondary N) is 2. The fourth-order valence-electron chi connectivity index (χ4n) is 2.66. The summed E-state index contributed by atoms with van der Waals surface area (Å²) in [6.07, 6.45) is 1.91. The highest BCUT2D eigenvalue weighted by Crippen LogP contribution is 2.25. The number of sulfone groups is 1. The minimum Gasteiger partial charge on any atom is -0.348 e. The quantitative estimate of drug-likeness (QED) is 0.852. The van der Waals surface area contributed by atoms with Gasteiger partial charge in [0.2, 0.25) is 0 Å². The molecule has 1 aromatic heterocycles. The Labute approximate surface area is 151 Å². The summed E-state index contributed by atoms with van der Waals surface area (Å²) in [5.74, 6) is 0.392. The Morgan fingerprint density at radius 2 is 2.08 bits per heavy atom. The lowest BCUT2D eigenvalue weighted by atomic mass is 10.2. The number of benzene rings is 1. The molecule has 1 aliphatic heterocycles. The van der Waals surface area contributed by atoms with Crippen molar-refractivity contribution in [2.75, 3.05) is 16.8 Å². The number of halogens is 1. The van der Waals surface area contributed by atoms with Crippen LogP contribution in [0.1, 0.15) is 22.3 Å². The summed E-state index contributed by atoms with van der Waals surface area (Å²) >= 11 is 6.09. The molecular weight excluding hydrogens is 362 g/mol. The SMILES string of the molecule is Cc1c(Cl)cccc1Nc1ccc(C(=O)NC2CCS(=O)(=O)C2)cn1. The number of hydrogen-bond donors (Lipinski definition) is 2. The summed E-state index contributed by atoms with van der Waals surface area (Å²) in [6, 6.07) is 8.56. The molecule has 1 saturated heterocycles. The van der Waals surface area contributed by atoms with E-state index in [-0.39, 0.29) is 23.5 Å². The summed E-state index contributed by atoms with van der Waals surface area (Å²) in [7, 11) is -3.02. The number of pyridine rings is 1. The van der Waals surface area contributed by atoms with Gasteiger partial charge in [-0.1, -0.05) is 17.7 Å². The van der Waals surface area contributed by atoms with E-state index in [1.165, 1.54) is 6.20 Å². The molecule has 0 aliphatic carbocycles. The van der Waals surface area contributed by atoms with E-state index in [2.05, 4.69) is 15.6 Å². The minimum absolute atomic E-state index is 0.000148. The van der Waals surface area contributed by atoms with Crippen molar-refractivity contribution in [1.82, 2.24) is 10.3 Å². The van der Waals surface area contributed by atoms with Crippen molar-refractivity contribution in [2.24, 2.45) is 0 Å². The first-order valence-electron chi connectivity index (χ1n) is 7.83. The lowest BCUT2D eigenvalue weighted by molar-refractivity contribution is 0.0941. The van der Waals surface area contributed by atoms with E-state index in [1.807, 2.05) is 25.1 Å². The molecule has 0 bridgehead atoms. The Hall–Kier alpha value is -2.12. The molecule has 1 unspecified atom stereocenters. The molecule has 1 amide bonds. The molecule has 25 heavy (non-hydrogen) atoms. The van der Waals surface area contributed by atoms with Crippen LogP contribution in [-0.2, 0) is 9.84 Å². The molecule has 1 atom stereocenters. The van der Waals surface area contributed by atoms with Crippen molar-refractivity contribution in [3.05, 3.63) is 52.7 Å². The van der Waals surface area contributed by atoms with Crippen LogP contribution < -0.4 is 10.6 Å². The van der Waals surface area contributed by atoms with Crippen LogP contribution >= 0.6 is 11.6 Å². The molecule has 3 rings (SSSR count). The van der Waals surface area contributed by atoms with E-state index in [1.54, 1.807) is 12.1 Å². The van der Waals surface area contributed by atoms with E-state index in [0.29, 0.717) is 22.8 Å². The minimum atomic E-state index is -3.02. The summed E-state index contributed by atoms with van der Waals surface area (Å²) in [5.41, 5.74) is 2.14. The lowest BCUT2D eigenvalue weighted by Gasteiger charge is -2.12. The number of carbonyl (C=O) groups excluding carboxylic acids is 1. The maximum atomic E-state index is 12.2. The topological polar surface area (TPSA) is 88.2 Å². The van der Waals surface area contributed by atoms with Crippen LogP contribution in [0.25, 0.3) is 0 Å². The molecule has 1 aromatic carbocycles. The van der Waals surface area contributed by atoms with E-state index in [0.717, 1.165) is 11.3 Å². The maximum absolute atomic E-state index is 12.2. The van der Waals surface area contributed by atoms with Crippen molar-refractivity contribution in [2.45, 2.75) is 19.4 Å². The Balaban J connectivity index is 1.66. The zero-order valence-electron chi connectivity index (χ0n) is 13.6. The van der Waals surface area contributed by atoms with Gasteiger partial charge in [-0.05, 0) is 43.2 Å². The van der Waals surface area contributed by atoms with Gasteiger partial charge in [-0.2, -0.15) is 0 Å². The summed E-state index contributed by atoms with van der Waals surface area (Å²) < 4.78 is 22.9. The van der Waals surface area contributed by atoms with Gasteiger partial charge in [0.15, 0.2) is 9.84 Å². The van der Waals surface area contributed by atoms with Crippen LogP contribution in [0, 0.1) is 6.92 Å². The first kappa shape index (κ1) is 17.7. The first-order valence-corrected chi connectivity index (χ1v) is 10.0. The Kier molecular flexibility index (Phi) is 4.96. The second-order valence-electron chi connectivity index (χ2n) is 6.04. The third-order valence-corrected chi connectivity index (χ3v) is 6.30. The number of hydrogen-bond acceptors (Lipinski definition) is 5. The van der Waals surface area contributed by atoms with Crippen molar-refractivity contribution < 1.29 is 13.2 Å². The second-order valence-corrected chi connectivity index (χ2v) is 8.68. The van der Waals surface area contributed by atoms with Crippen LogP contribution in [0.4, 0.5) is 11.5 Å². The van der Waals surface area contributed by atoms with E-state index < -0.39 is 9.84 Å². The predicted molar refractivity (Wildman–Crippen MR) is 98.2 cm³/mol. The van der Waals surface area contributed by atoms with Gasteiger partial charge < -0.3 is 10.6 Å². The van der Waals surface area contributed by atoms with Gasteiger partial charge in [-0.25, -0.2) is 13.4 Å². The van der Waals surface area contributed by atoms with E-state index in [4.69, 9.17) is 11.6 Å². The van der Waals surface area contributed by atoms with Gasteiger partial charge in [0.1, 0.15) is 5.82 Å². The predicted octanol–water partition coefficient (Wildman–Crippen LogP) is 2.70. The molecule has 1 aliphatic rings. The fourth-order valence-corrected chi connectivity index (χ4v) is 4.51. The van der Waals surface area contributed by atoms with Gasteiger partial charge >= 0.3 is 0 Å². The van der Waals surface area contributed by atoms with Gasteiger partial charge in [0.25, 0.3) is 5.91 Å². The van der Waals surface area contributed by atoms with Crippen molar-refractivity contribution in [3.63, 3.8) is 0 Å². The van der Waals surface area contributed by atoms with Crippen LogP contribution in [0.3, 0.4) is 0 Å². The number of aromatic nitrogens is 1. The largest absolute Gasteiger partial charge is 0.348 e. The third-order valence-electron chi connectivity index (χ3n) is 4.12. The molecule has 0 saturated carbocycles. The third kappa shape index (κ3) is 4.29. The molecular formula is C17H18ClN3O3S. The Bertz CT molecular complexity index is 898. The molecule has 2 heterocycles. The highest BCUT2D eigenvalue weighted by atomic mass is 35.5. The number of anilines is 2. The molecule has 0 radical (unpaired) electrons. The molecule has 2 aromatic rings. The molecule has 132 valence electrons. The monoisotopic (exact) mass is 379 g/mol. The van der Waals surface area contributed by atoms with Crippen molar-refractivity contribution >= 4 is 38.9 Å². The highest BCUT2D eigenvalue weighted by molar-refractivity contribution is 7.91. The highest BCUT2D eigenvalue weighted by Gasteiger charge is 2.29. The Morgan fingerprint density at radius 1 is 1.28 bits per heavy atom. The smallest absolute Gasteiger partial charge is 0.253 e. The summed E-state index contributed by atoms with van der Waals surface area (Å²) in [6.45, 7) is 1.90. The van der Waals surface area contributed by atoms with E-state index in [9.17, 15) is 13.2 Å². The van der Waals surface area contributed by atoms with Crippen LogP contribution in [0.5, 0.6) is 0 Å². The van der Waals surface area contributed by atoms with Crippen molar-refractivity contribution in [1.29, 1.82) is 0 Å². The average molecular weight is 380 g/mol. The Morgan fingerprint density at radius 3 is 2.72 bits per heavy atom. The number of rotatable bonds is 4. The zero-order chi connectivity index (χ0) is 18.0. The van der Waals surface area contributed by atoms with Gasteiger partial charge in [0.05, 0.1) is 17.1 Å². The normalized spacial score (nSPS) is 18.7. The summed E-state index contributed by atoms with van der Waals surface area (Å²) in [5, 5.41) is 6.56. The maximum Gasteiger partial charge on any atom is 0.253 e. The van der Waals surface area contributed by atoms with Crippen molar-refractivity contribution in [3.8, 4) is 0 Å². The van der Waals surface area contributed by atoms with Gasteiger partial charge in [0, 0.05) is 22.9 Å². The number of amides is 1. The molecule has 0 spiro atoms. The first-order chi connectivity index (χ1) is 11.8. The van der Waals surface area contributed by atoms with Crippen LogP contribution in [0.2, 0.25) is 5.02 Å². The van der Waals surface area contributed by atoms with Crippen LogP contribution in [0.15, 0.2) is 36.5 Å². The number of carbonyl (C=O) groups is 1. The van der Waals surface area contributed by atoms with Crippen LogP contribution in [-0.4, -0.2) is 36.9 Å². The standard InChI is InChI=1S/C17H18ClN3O3S/c1-11-14(18)3-2-4-15(11)21-16-6-5-12(9-19-16)17(22)20-13-7-8-25(23,24)10-13/h2-6,9,13H,7-8,10H2,1H3,(H,19,21)(H,20,22). The molecule has 6 nitrogen and oxygen atoms in total. The molecule has 2 N–H and O–H groups in total. The van der Waals surface area contributed by atoms with Gasteiger partial charge in [-0.3, -0.25) is 4.79 Å². The molecule has 8 heteroatoms. The lowest BCUT2D eigenvalue weighted by Crippen LogP contribution is -2.35. The van der Waals surface area contributed by atoms with Gasteiger partial charge in [-0.15, -0.1) is 0 Å². The second kappa shape index (κ2) is 7.01. The van der Waals surface area contributed by atoms with E-state index >= 15 is 0 Å². The zero-order valence-corrected chi connectivity index (χ0v) is 15.2. The number of nitrogens with zero attached hydrogens (tertiary/aromatic N) is 1.